The summed E-state index contributed by atoms with van der Waals surface area (Å²) in [7, 11) is 0. The van der Waals surface area contributed by atoms with E-state index in [0.29, 0.717) is 0 Å². The molecule has 3 aliphatic rings. The van der Waals surface area contributed by atoms with Gasteiger partial charge in [-0.3, -0.25) is 4.79 Å². The van der Waals surface area contributed by atoms with E-state index in [0.717, 1.165) is 38.5 Å². The minimum atomic E-state index is -0.394. The van der Waals surface area contributed by atoms with Crippen LogP contribution in [0.3, 0.4) is 0 Å². The summed E-state index contributed by atoms with van der Waals surface area (Å²) in [5.74, 6) is -0.0174. The first-order valence-electron chi connectivity index (χ1n) is 6.65. The fourth-order valence-corrected chi connectivity index (χ4v) is 3.19. The zero-order valence-electron chi connectivity index (χ0n) is 11.2. The van der Waals surface area contributed by atoms with Crippen LogP contribution in [0.15, 0.2) is 0 Å². The van der Waals surface area contributed by atoms with Crippen molar-refractivity contribution in [3.8, 4) is 0 Å². The van der Waals surface area contributed by atoms with Crippen LogP contribution in [0.4, 0.5) is 0 Å². The molecule has 3 aliphatic carbocycles. The first kappa shape index (κ1) is 12.9. The molecule has 0 heterocycles. The summed E-state index contributed by atoms with van der Waals surface area (Å²) < 4.78 is 5.56. The number of ether oxygens (including phenoxy) is 1. The zero-order chi connectivity index (χ0) is 12.7. The van der Waals surface area contributed by atoms with Gasteiger partial charge in [0.15, 0.2) is 0 Å². The molecular weight excluding hydrogens is 216 g/mol. The molecule has 0 aliphatic heterocycles. The molecule has 0 spiro atoms. The molecule has 0 atom stereocenters. The molecule has 2 bridgehead atoms. The summed E-state index contributed by atoms with van der Waals surface area (Å²) in [6, 6.07) is 0. The Balaban J connectivity index is 2.06. The number of hydrogen-bond donors (Lipinski definition) is 1. The first-order chi connectivity index (χ1) is 7.81. The van der Waals surface area contributed by atoms with Crippen molar-refractivity contribution >= 4 is 5.97 Å². The molecule has 0 saturated heterocycles. The summed E-state index contributed by atoms with van der Waals surface area (Å²) in [5.41, 5.74) is -0.525. The zero-order valence-corrected chi connectivity index (χ0v) is 11.2. The Morgan fingerprint density at radius 3 is 1.94 bits per heavy atom. The number of esters is 1. The summed E-state index contributed by atoms with van der Waals surface area (Å²) in [6.07, 6.45) is 5.60. The van der Waals surface area contributed by atoms with E-state index in [1.807, 2.05) is 20.8 Å². The van der Waals surface area contributed by atoms with Crippen molar-refractivity contribution < 1.29 is 14.6 Å². The summed E-state index contributed by atoms with van der Waals surface area (Å²) in [5, 5.41) is 9.46. The van der Waals surface area contributed by atoms with Crippen molar-refractivity contribution in [2.75, 3.05) is 6.61 Å². The van der Waals surface area contributed by atoms with E-state index in [2.05, 4.69) is 0 Å². The van der Waals surface area contributed by atoms with Crippen LogP contribution in [0.1, 0.15) is 59.3 Å². The van der Waals surface area contributed by atoms with Crippen LogP contribution >= 0.6 is 0 Å². The van der Waals surface area contributed by atoms with Crippen LogP contribution in [-0.2, 0) is 9.53 Å². The van der Waals surface area contributed by atoms with Crippen molar-refractivity contribution in [2.24, 2.45) is 10.8 Å². The number of fused-ring (bicyclic) bond motifs is 3. The predicted octanol–water partition coefficient (Wildman–Crippen LogP) is 2.66. The SMILES string of the molecule is CC(C)(C)OC(=O)C12CCC(CO)(CC1)CC2. The minimum Gasteiger partial charge on any atom is -0.460 e. The van der Waals surface area contributed by atoms with Crippen LogP contribution in [-0.4, -0.2) is 23.3 Å². The highest BCUT2D eigenvalue weighted by atomic mass is 16.6. The summed E-state index contributed by atoms with van der Waals surface area (Å²) >= 11 is 0. The fourth-order valence-electron chi connectivity index (χ4n) is 3.19. The van der Waals surface area contributed by atoms with Gasteiger partial charge in [0.1, 0.15) is 5.60 Å². The molecule has 98 valence electrons. The van der Waals surface area contributed by atoms with Gasteiger partial charge < -0.3 is 9.84 Å². The van der Waals surface area contributed by atoms with Gasteiger partial charge in [0, 0.05) is 6.61 Å². The van der Waals surface area contributed by atoms with Crippen molar-refractivity contribution in [2.45, 2.75) is 64.9 Å². The van der Waals surface area contributed by atoms with Gasteiger partial charge in [-0.15, -0.1) is 0 Å². The molecule has 0 aromatic heterocycles. The van der Waals surface area contributed by atoms with E-state index < -0.39 is 5.60 Å². The minimum absolute atomic E-state index is 0.0174. The van der Waals surface area contributed by atoms with Crippen molar-refractivity contribution in [1.82, 2.24) is 0 Å². The second-order valence-corrected chi connectivity index (χ2v) is 6.94. The monoisotopic (exact) mass is 240 g/mol. The molecule has 17 heavy (non-hydrogen) atoms. The Kier molecular flexibility index (Phi) is 3.01. The maximum Gasteiger partial charge on any atom is 0.312 e. The van der Waals surface area contributed by atoms with Crippen molar-refractivity contribution in [1.29, 1.82) is 0 Å². The molecule has 0 unspecified atom stereocenters. The lowest BCUT2D eigenvalue weighted by molar-refractivity contribution is -0.178. The van der Waals surface area contributed by atoms with Crippen LogP contribution < -0.4 is 0 Å². The van der Waals surface area contributed by atoms with Crippen LogP contribution in [0.5, 0.6) is 0 Å². The third-order valence-corrected chi connectivity index (χ3v) is 4.57. The van der Waals surface area contributed by atoms with E-state index in [-0.39, 0.29) is 23.4 Å². The number of aliphatic hydroxyl groups excluding tert-OH is 1. The number of carbonyl (C=O) groups excluding carboxylic acids is 1. The lowest BCUT2D eigenvalue weighted by Gasteiger charge is -2.51. The van der Waals surface area contributed by atoms with Gasteiger partial charge in [0.05, 0.1) is 5.41 Å². The van der Waals surface area contributed by atoms with Crippen molar-refractivity contribution in [3.05, 3.63) is 0 Å². The topological polar surface area (TPSA) is 46.5 Å². The quantitative estimate of drug-likeness (QED) is 0.755. The van der Waals surface area contributed by atoms with Gasteiger partial charge in [-0.05, 0) is 64.7 Å². The molecule has 0 aromatic carbocycles. The predicted molar refractivity (Wildman–Crippen MR) is 65.5 cm³/mol. The second kappa shape index (κ2) is 3.98. The van der Waals surface area contributed by atoms with E-state index in [1.54, 1.807) is 0 Å². The smallest absolute Gasteiger partial charge is 0.312 e. The average molecular weight is 240 g/mol. The van der Waals surface area contributed by atoms with E-state index >= 15 is 0 Å². The fraction of sp³-hybridized carbons (Fsp3) is 0.929. The highest BCUT2D eigenvalue weighted by Gasteiger charge is 2.53. The Bertz CT molecular complexity index is 289. The highest BCUT2D eigenvalue weighted by Crippen LogP contribution is 2.57. The molecule has 0 radical (unpaired) electrons. The number of carbonyl (C=O) groups is 1. The Morgan fingerprint density at radius 2 is 1.59 bits per heavy atom. The molecule has 1 N–H and O–H groups in total. The van der Waals surface area contributed by atoms with Gasteiger partial charge >= 0.3 is 5.97 Å². The lowest BCUT2D eigenvalue weighted by Crippen LogP contribution is -2.49. The van der Waals surface area contributed by atoms with Gasteiger partial charge in [0.2, 0.25) is 0 Å². The van der Waals surface area contributed by atoms with Crippen LogP contribution in [0.2, 0.25) is 0 Å². The Hall–Kier alpha value is -0.570. The molecule has 3 rings (SSSR count). The summed E-state index contributed by atoms with van der Waals surface area (Å²) in [6.45, 7) is 6.04. The highest BCUT2D eigenvalue weighted by molar-refractivity contribution is 5.77. The normalized spacial score (nSPS) is 36.9. The van der Waals surface area contributed by atoms with Gasteiger partial charge in [-0.25, -0.2) is 0 Å². The number of rotatable bonds is 2. The third-order valence-electron chi connectivity index (χ3n) is 4.57. The Labute approximate surface area is 104 Å². The van der Waals surface area contributed by atoms with E-state index in [9.17, 15) is 9.90 Å². The van der Waals surface area contributed by atoms with Crippen LogP contribution in [0.25, 0.3) is 0 Å². The van der Waals surface area contributed by atoms with Gasteiger partial charge in [-0.2, -0.15) is 0 Å². The maximum absolute atomic E-state index is 12.3. The van der Waals surface area contributed by atoms with Gasteiger partial charge in [0.25, 0.3) is 0 Å². The maximum atomic E-state index is 12.3. The third kappa shape index (κ3) is 2.35. The van der Waals surface area contributed by atoms with Gasteiger partial charge in [-0.1, -0.05) is 0 Å². The molecular formula is C14H24O3. The molecule has 3 saturated carbocycles. The number of aliphatic hydroxyl groups is 1. The number of hydrogen-bond acceptors (Lipinski definition) is 3. The van der Waals surface area contributed by atoms with Crippen LogP contribution in [0, 0.1) is 10.8 Å². The first-order valence-corrected chi connectivity index (χ1v) is 6.65. The largest absolute Gasteiger partial charge is 0.460 e. The molecule has 3 heteroatoms. The van der Waals surface area contributed by atoms with E-state index in [1.165, 1.54) is 0 Å². The van der Waals surface area contributed by atoms with E-state index in [4.69, 9.17) is 4.74 Å². The molecule has 0 amide bonds. The van der Waals surface area contributed by atoms with Crippen molar-refractivity contribution in [3.63, 3.8) is 0 Å². The molecule has 3 fully saturated rings. The standard InChI is InChI=1S/C14H24O3/c1-12(2,3)17-11(16)14-7-4-13(10-15,5-8-14)6-9-14/h15H,4-10H2,1-3H3. The second-order valence-electron chi connectivity index (χ2n) is 6.94. The summed E-state index contributed by atoms with van der Waals surface area (Å²) in [4.78, 5) is 12.3. The lowest BCUT2D eigenvalue weighted by atomic mass is 9.54. The Morgan fingerprint density at radius 1 is 1.12 bits per heavy atom. The molecule has 0 aromatic rings. The average Bonchev–Trinajstić information content (AvgIpc) is 2.29. The molecule has 3 nitrogen and oxygen atoms in total.